The Balaban J connectivity index is 0.00000484. The fourth-order valence-electron chi connectivity index (χ4n) is 2.85. The fraction of sp³-hybridized carbons (Fsp3) is 0.882. The predicted octanol–water partition coefficient (Wildman–Crippen LogP) is 2.53. The molecular formula is C17H34ClN3O2. The van der Waals surface area contributed by atoms with Gasteiger partial charge in [-0.3, -0.25) is 9.59 Å². The van der Waals surface area contributed by atoms with E-state index < -0.39 is 0 Å². The topological polar surface area (TPSA) is 70.2 Å². The van der Waals surface area contributed by atoms with Crippen LogP contribution in [0, 0.1) is 0 Å². The maximum atomic E-state index is 11.7. The quantitative estimate of drug-likeness (QED) is 0.443. The standard InChI is InChI=1S/C17H33N3O2.ClH/c1-14(2)20-17(22)11-7-10-16(21)19-13-12-18-15-8-5-3-4-6-9-15;/h14-15,18H,3-13H2,1-2H3,(H,19,21)(H,20,22);1H. The Hall–Kier alpha value is -0.810. The summed E-state index contributed by atoms with van der Waals surface area (Å²) in [6.07, 6.45) is 9.35. The number of amides is 2. The molecule has 0 bridgehead atoms. The molecule has 1 fully saturated rings. The molecule has 23 heavy (non-hydrogen) atoms. The zero-order chi connectivity index (χ0) is 16.2. The van der Waals surface area contributed by atoms with E-state index in [4.69, 9.17) is 0 Å². The van der Waals surface area contributed by atoms with E-state index in [0.29, 0.717) is 31.8 Å². The van der Waals surface area contributed by atoms with Crippen LogP contribution in [0.5, 0.6) is 0 Å². The summed E-state index contributed by atoms with van der Waals surface area (Å²) >= 11 is 0. The molecule has 0 saturated heterocycles. The van der Waals surface area contributed by atoms with Gasteiger partial charge in [0.1, 0.15) is 0 Å². The van der Waals surface area contributed by atoms with Crippen molar-refractivity contribution < 1.29 is 9.59 Å². The van der Waals surface area contributed by atoms with Crippen LogP contribution in [0.15, 0.2) is 0 Å². The minimum absolute atomic E-state index is 0. The monoisotopic (exact) mass is 347 g/mol. The summed E-state index contributed by atoms with van der Waals surface area (Å²) in [5, 5.41) is 9.28. The molecule has 1 aliphatic rings. The number of rotatable bonds is 9. The van der Waals surface area contributed by atoms with Crippen molar-refractivity contribution >= 4 is 24.2 Å². The lowest BCUT2D eigenvalue weighted by atomic mass is 10.1. The third-order valence-electron chi connectivity index (χ3n) is 3.99. The van der Waals surface area contributed by atoms with Gasteiger partial charge in [0.2, 0.25) is 11.8 Å². The van der Waals surface area contributed by atoms with Crippen molar-refractivity contribution in [1.82, 2.24) is 16.0 Å². The van der Waals surface area contributed by atoms with Gasteiger partial charge in [-0.2, -0.15) is 0 Å². The van der Waals surface area contributed by atoms with Gasteiger partial charge in [-0.1, -0.05) is 25.7 Å². The number of nitrogens with one attached hydrogen (secondary N) is 3. The lowest BCUT2D eigenvalue weighted by Crippen LogP contribution is -2.37. The van der Waals surface area contributed by atoms with E-state index in [1.807, 2.05) is 13.8 Å². The van der Waals surface area contributed by atoms with Gasteiger partial charge in [-0.25, -0.2) is 0 Å². The number of carbonyl (C=O) groups is 2. The molecule has 1 aliphatic carbocycles. The summed E-state index contributed by atoms with van der Waals surface area (Å²) in [5.41, 5.74) is 0. The van der Waals surface area contributed by atoms with Crippen LogP contribution in [0.3, 0.4) is 0 Å². The molecule has 136 valence electrons. The summed E-state index contributed by atoms with van der Waals surface area (Å²) < 4.78 is 0. The maximum Gasteiger partial charge on any atom is 0.220 e. The van der Waals surface area contributed by atoms with Crippen LogP contribution in [0.2, 0.25) is 0 Å². The highest BCUT2D eigenvalue weighted by Crippen LogP contribution is 2.16. The highest BCUT2D eigenvalue weighted by molar-refractivity contribution is 5.85. The summed E-state index contributed by atoms with van der Waals surface area (Å²) in [4.78, 5) is 23.1. The van der Waals surface area contributed by atoms with E-state index in [2.05, 4.69) is 16.0 Å². The van der Waals surface area contributed by atoms with E-state index in [9.17, 15) is 9.59 Å². The minimum atomic E-state index is 0. The van der Waals surface area contributed by atoms with E-state index in [0.717, 1.165) is 6.54 Å². The van der Waals surface area contributed by atoms with E-state index in [-0.39, 0.29) is 30.3 Å². The Morgan fingerprint density at radius 2 is 1.57 bits per heavy atom. The van der Waals surface area contributed by atoms with Crippen molar-refractivity contribution in [2.45, 2.75) is 83.7 Å². The molecule has 6 heteroatoms. The zero-order valence-corrected chi connectivity index (χ0v) is 15.5. The highest BCUT2D eigenvalue weighted by Gasteiger charge is 2.11. The Labute approximate surface area is 147 Å². The van der Waals surface area contributed by atoms with Gasteiger partial charge in [0.25, 0.3) is 0 Å². The molecule has 3 N–H and O–H groups in total. The van der Waals surface area contributed by atoms with Gasteiger partial charge < -0.3 is 16.0 Å². The molecule has 1 saturated carbocycles. The lowest BCUT2D eigenvalue weighted by Gasteiger charge is -2.16. The molecule has 0 aromatic carbocycles. The van der Waals surface area contributed by atoms with Gasteiger partial charge in [0.05, 0.1) is 0 Å². The number of hydrogen-bond acceptors (Lipinski definition) is 3. The summed E-state index contributed by atoms with van der Waals surface area (Å²) in [7, 11) is 0. The van der Waals surface area contributed by atoms with Crippen LogP contribution in [-0.2, 0) is 9.59 Å². The Bertz CT molecular complexity index is 330. The largest absolute Gasteiger partial charge is 0.355 e. The summed E-state index contributed by atoms with van der Waals surface area (Å²) in [6.45, 7) is 5.38. The van der Waals surface area contributed by atoms with E-state index in [1.54, 1.807) is 0 Å². The smallest absolute Gasteiger partial charge is 0.220 e. The SMILES string of the molecule is CC(C)NC(=O)CCCC(=O)NCCNC1CCCCCC1.Cl. The van der Waals surface area contributed by atoms with Crippen molar-refractivity contribution in [1.29, 1.82) is 0 Å². The van der Waals surface area contributed by atoms with Gasteiger partial charge in [0.15, 0.2) is 0 Å². The first-order valence-corrected chi connectivity index (χ1v) is 8.87. The van der Waals surface area contributed by atoms with E-state index in [1.165, 1.54) is 38.5 Å². The molecule has 5 nitrogen and oxygen atoms in total. The molecule has 0 aromatic heterocycles. The van der Waals surface area contributed by atoms with Crippen LogP contribution in [0.1, 0.15) is 71.6 Å². The minimum Gasteiger partial charge on any atom is -0.355 e. The molecule has 0 heterocycles. The second-order valence-electron chi connectivity index (χ2n) is 6.57. The first-order chi connectivity index (χ1) is 10.6. The molecular weight excluding hydrogens is 314 g/mol. The van der Waals surface area contributed by atoms with Crippen LogP contribution in [0.4, 0.5) is 0 Å². The van der Waals surface area contributed by atoms with Crippen molar-refractivity contribution in [2.75, 3.05) is 13.1 Å². The second-order valence-corrected chi connectivity index (χ2v) is 6.57. The molecule has 0 radical (unpaired) electrons. The average molecular weight is 348 g/mol. The maximum absolute atomic E-state index is 11.7. The highest BCUT2D eigenvalue weighted by atomic mass is 35.5. The fourth-order valence-corrected chi connectivity index (χ4v) is 2.85. The number of hydrogen-bond donors (Lipinski definition) is 3. The Kier molecular flexibility index (Phi) is 13.1. The Morgan fingerprint density at radius 3 is 2.17 bits per heavy atom. The molecule has 0 spiro atoms. The van der Waals surface area contributed by atoms with E-state index >= 15 is 0 Å². The number of halogens is 1. The third-order valence-corrected chi connectivity index (χ3v) is 3.99. The number of carbonyl (C=O) groups excluding carboxylic acids is 2. The van der Waals surface area contributed by atoms with Crippen molar-refractivity contribution in [3.63, 3.8) is 0 Å². The molecule has 0 aliphatic heterocycles. The predicted molar refractivity (Wildman–Crippen MR) is 96.9 cm³/mol. The van der Waals surface area contributed by atoms with Crippen LogP contribution in [0.25, 0.3) is 0 Å². The van der Waals surface area contributed by atoms with Gasteiger partial charge in [-0.05, 0) is 33.1 Å². The van der Waals surface area contributed by atoms with Crippen molar-refractivity contribution in [3.8, 4) is 0 Å². The zero-order valence-electron chi connectivity index (χ0n) is 14.7. The van der Waals surface area contributed by atoms with Crippen LogP contribution >= 0.6 is 12.4 Å². The van der Waals surface area contributed by atoms with Crippen molar-refractivity contribution in [2.24, 2.45) is 0 Å². The van der Waals surface area contributed by atoms with Crippen molar-refractivity contribution in [3.05, 3.63) is 0 Å². The molecule has 0 aromatic rings. The third kappa shape index (κ3) is 12.3. The van der Waals surface area contributed by atoms with Gasteiger partial charge in [-0.15, -0.1) is 12.4 Å². The molecule has 1 rings (SSSR count). The summed E-state index contributed by atoms with van der Waals surface area (Å²) in [5.74, 6) is 0.0674. The molecule has 2 amide bonds. The average Bonchev–Trinajstić information content (AvgIpc) is 2.71. The second kappa shape index (κ2) is 13.6. The normalized spacial score (nSPS) is 15.6. The van der Waals surface area contributed by atoms with Gasteiger partial charge >= 0.3 is 0 Å². The first kappa shape index (κ1) is 22.2. The van der Waals surface area contributed by atoms with Crippen LogP contribution in [-0.4, -0.2) is 37.0 Å². The lowest BCUT2D eigenvalue weighted by molar-refractivity contribution is -0.122. The van der Waals surface area contributed by atoms with Gasteiger partial charge in [0, 0.05) is 38.0 Å². The van der Waals surface area contributed by atoms with Crippen LogP contribution < -0.4 is 16.0 Å². The summed E-state index contributed by atoms with van der Waals surface area (Å²) in [6, 6.07) is 0.788. The molecule has 0 atom stereocenters. The molecule has 0 unspecified atom stereocenters. The Morgan fingerprint density at radius 1 is 0.957 bits per heavy atom. The first-order valence-electron chi connectivity index (χ1n) is 8.87.